The summed E-state index contributed by atoms with van der Waals surface area (Å²) in [6.07, 6.45) is 1.40. The lowest BCUT2D eigenvalue weighted by atomic mass is 10.1. The number of non-ortho nitro benzene ring substituents is 3. The number of esters is 1. The van der Waals surface area contributed by atoms with Crippen molar-refractivity contribution in [2.24, 2.45) is 5.10 Å². The Kier molecular flexibility index (Phi) is 6.64. The highest BCUT2D eigenvalue weighted by Crippen LogP contribution is 2.24. The summed E-state index contributed by atoms with van der Waals surface area (Å²) in [6, 6.07) is 14.2. The number of hydrazone groups is 1. The maximum atomic E-state index is 12.4. The highest BCUT2D eigenvalue weighted by Gasteiger charge is 2.21. The Hall–Kier alpha value is -5.20. The third-order valence-electron chi connectivity index (χ3n) is 4.11. The molecule has 0 aliphatic rings. The third-order valence-corrected chi connectivity index (χ3v) is 4.11. The molecular weight excluding hydrogens is 438 g/mol. The van der Waals surface area contributed by atoms with Gasteiger partial charge in [-0.2, -0.15) is 5.10 Å². The second-order valence-electron chi connectivity index (χ2n) is 6.39. The van der Waals surface area contributed by atoms with Crippen LogP contribution in [-0.2, 0) is 0 Å². The normalized spacial score (nSPS) is 10.5. The van der Waals surface area contributed by atoms with Gasteiger partial charge in [0.1, 0.15) is 5.75 Å². The number of hydrogen-bond donors (Lipinski definition) is 1. The lowest BCUT2D eigenvalue weighted by Gasteiger charge is -2.05. The quantitative estimate of drug-likeness (QED) is 0.173. The van der Waals surface area contributed by atoms with E-state index < -0.39 is 32.1 Å². The van der Waals surface area contributed by atoms with E-state index in [-0.39, 0.29) is 17.0 Å². The van der Waals surface area contributed by atoms with Gasteiger partial charge in [-0.05, 0) is 29.8 Å². The first-order valence-electron chi connectivity index (χ1n) is 9.02. The molecule has 3 aromatic carbocycles. The molecule has 3 rings (SSSR count). The lowest BCUT2D eigenvalue weighted by Crippen LogP contribution is -2.10. The van der Waals surface area contributed by atoms with Crippen LogP contribution in [0.25, 0.3) is 0 Å². The van der Waals surface area contributed by atoms with Crippen LogP contribution in [-0.4, -0.2) is 27.0 Å². The highest BCUT2D eigenvalue weighted by molar-refractivity contribution is 5.93. The van der Waals surface area contributed by atoms with Crippen molar-refractivity contribution < 1.29 is 24.3 Å². The zero-order chi connectivity index (χ0) is 24.0. The van der Waals surface area contributed by atoms with E-state index in [2.05, 4.69) is 10.5 Å². The fourth-order valence-corrected chi connectivity index (χ4v) is 2.59. The number of nitrogens with zero attached hydrogens (tertiary/aromatic N) is 4. The van der Waals surface area contributed by atoms with Crippen molar-refractivity contribution in [1.82, 2.24) is 0 Å². The Bertz CT molecular complexity index is 1240. The van der Waals surface area contributed by atoms with Crippen LogP contribution in [0.4, 0.5) is 22.7 Å². The average molecular weight is 451 g/mol. The smallest absolute Gasteiger partial charge is 0.344 e. The van der Waals surface area contributed by atoms with Gasteiger partial charge in [-0.3, -0.25) is 35.8 Å². The van der Waals surface area contributed by atoms with Crippen LogP contribution in [0.1, 0.15) is 15.9 Å². The Morgan fingerprint density at radius 2 is 1.42 bits per heavy atom. The number of nitrogens with one attached hydrogen (secondary N) is 1. The number of nitro benzene ring substituents is 3. The Labute approximate surface area is 184 Å². The summed E-state index contributed by atoms with van der Waals surface area (Å²) in [5.41, 5.74) is 2.06. The minimum absolute atomic E-state index is 0.0619. The summed E-state index contributed by atoms with van der Waals surface area (Å²) >= 11 is 0. The standard InChI is InChI=1S/C20H13N5O8/c26-20(14-9-17(24(29)30)11-18(10-14)25(31)32)33-19-3-1-2-13(8-19)12-21-22-15-4-6-16(7-5-15)23(27)28/h1-12,22H. The molecular formula is C20H13N5O8. The summed E-state index contributed by atoms with van der Waals surface area (Å²) in [6.45, 7) is 0. The van der Waals surface area contributed by atoms with Crippen LogP contribution >= 0.6 is 0 Å². The van der Waals surface area contributed by atoms with E-state index in [1.807, 2.05) is 0 Å². The number of ether oxygens (including phenoxy) is 1. The zero-order valence-electron chi connectivity index (χ0n) is 16.5. The molecule has 33 heavy (non-hydrogen) atoms. The molecule has 0 spiro atoms. The van der Waals surface area contributed by atoms with Crippen molar-refractivity contribution in [3.63, 3.8) is 0 Å². The molecule has 13 nitrogen and oxygen atoms in total. The maximum absolute atomic E-state index is 12.4. The van der Waals surface area contributed by atoms with Crippen molar-refractivity contribution in [1.29, 1.82) is 0 Å². The molecule has 0 atom stereocenters. The van der Waals surface area contributed by atoms with Gasteiger partial charge in [0, 0.05) is 24.3 Å². The largest absolute Gasteiger partial charge is 0.423 e. The molecule has 0 aromatic heterocycles. The van der Waals surface area contributed by atoms with Gasteiger partial charge < -0.3 is 4.74 Å². The Morgan fingerprint density at radius 1 is 0.818 bits per heavy atom. The highest BCUT2D eigenvalue weighted by atomic mass is 16.6. The van der Waals surface area contributed by atoms with Gasteiger partial charge in [0.2, 0.25) is 0 Å². The van der Waals surface area contributed by atoms with Crippen LogP contribution in [0.2, 0.25) is 0 Å². The van der Waals surface area contributed by atoms with E-state index in [4.69, 9.17) is 4.74 Å². The van der Waals surface area contributed by atoms with E-state index in [1.54, 1.807) is 12.1 Å². The molecule has 0 fully saturated rings. The molecule has 0 amide bonds. The summed E-state index contributed by atoms with van der Waals surface area (Å²) in [7, 11) is 0. The topological polar surface area (TPSA) is 180 Å². The number of nitro groups is 3. The molecule has 0 aliphatic carbocycles. The maximum Gasteiger partial charge on any atom is 0.344 e. The first-order chi connectivity index (χ1) is 15.7. The van der Waals surface area contributed by atoms with E-state index in [0.29, 0.717) is 11.3 Å². The first kappa shape index (κ1) is 22.5. The Morgan fingerprint density at radius 3 is 2.00 bits per heavy atom. The van der Waals surface area contributed by atoms with Crippen molar-refractivity contribution in [3.8, 4) is 5.75 Å². The number of hydrogen-bond acceptors (Lipinski definition) is 10. The van der Waals surface area contributed by atoms with Crippen LogP contribution in [0, 0.1) is 30.3 Å². The van der Waals surface area contributed by atoms with Crippen molar-refractivity contribution in [3.05, 3.63) is 108 Å². The molecule has 0 saturated heterocycles. The molecule has 166 valence electrons. The van der Waals surface area contributed by atoms with Gasteiger partial charge >= 0.3 is 5.97 Å². The number of rotatable bonds is 8. The molecule has 0 unspecified atom stereocenters. The monoisotopic (exact) mass is 451 g/mol. The number of anilines is 1. The minimum Gasteiger partial charge on any atom is -0.423 e. The van der Waals surface area contributed by atoms with E-state index in [1.165, 1.54) is 42.6 Å². The van der Waals surface area contributed by atoms with E-state index in [0.717, 1.165) is 18.2 Å². The van der Waals surface area contributed by atoms with Gasteiger partial charge in [0.15, 0.2) is 0 Å². The summed E-state index contributed by atoms with van der Waals surface area (Å²) in [4.78, 5) is 42.8. The lowest BCUT2D eigenvalue weighted by molar-refractivity contribution is -0.394. The van der Waals surface area contributed by atoms with Crippen LogP contribution in [0.5, 0.6) is 5.75 Å². The minimum atomic E-state index is -1.01. The molecule has 1 N–H and O–H groups in total. The van der Waals surface area contributed by atoms with Crippen molar-refractivity contribution in [2.75, 3.05) is 5.43 Å². The first-order valence-corrected chi connectivity index (χ1v) is 9.02. The van der Waals surface area contributed by atoms with Gasteiger partial charge in [0.05, 0.1) is 38.3 Å². The van der Waals surface area contributed by atoms with Crippen LogP contribution in [0.3, 0.4) is 0 Å². The Balaban J connectivity index is 1.71. The summed E-state index contributed by atoms with van der Waals surface area (Å²) < 4.78 is 5.18. The third kappa shape index (κ3) is 5.91. The van der Waals surface area contributed by atoms with Crippen molar-refractivity contribution >= 4 is 34.9 Å². The fourth-order valence-electron chi connectivity index (χ4n) is 2.59. The average Bonchev–Trinajstić information content (AvgIpc) is 2.79. The molecule has 13 heteroatoms. The zero-order valence-corrected chi connectivity index (χ0v) is 16.5. The SMILES string of the molecule is O=C(Oc1cccc(C=NNc2ccc([N+](=O)[O-])cc2)c1)c1cc([N+](=O)[O-])cc([N+](=O)[O-])c1. The van der Waals surface area contributed by atoms with Gasteiger partial charge in [-0.15, -0.1) is 0 Å². The van der Waals surface area contributed by atoms with Crippen LogP contribution < -0.4 is 10.2 Å². The van der Waals surface area contributed by atoms with Gasteiger partial charge in [-0.1, -0.05) is 12.1 Å². The van der Waals surface area contributed by atoms with E-state index >= 15 is 0 Å². The molecule has 0 radical (unpaired) electrons. The molecule has 0 bridgehead atoms. The number of benzene rings is 3. The predicted octanol–water partition coefficient (Wildman–Crippen LogP) is 4.08. The molecule has 0 aliphatic heterocycles. The summed E-state index contributed by atoms with van der Waals surface area (Å²) in [5, 5.41) is 36.6. The molecule has 0 saturated carbocycles. The molecule has 3 aromatic rings. The summed E-state index contributed by atoms with van der Waals surface area (Å²) in [5.74, 6) is -0.937. The van der Waals surface area contributed by atoms with Gasteiger partial charge in [-0.25, -0.2) is 4.79 Å². The van der Waals surface area contributed by atoms with Crippen molar-refractivity contribution in [2.45, 2.75) is 0 Å². The second-order valence-corrected chi connectivity index (χ2v) is 6.39. The molecule has 0 heterocycles. The fraction of sp³-hybridized carbons (Fsp3) is 0. The van der Waals surface area contributed by atoms with Crippen LogP contribution in [0.15, 0.2) is 71.8 Å². The number of carbonyl (C=O) groups is 1. The second kappa shape index (κ2) is 9.74. The van der Waals surface area contributed by atoms with E-state index in [9.17, 15) is 35.1 Å². The van der Waals surface area contributed by atoms with Gasteiger partial charge in [0.25, 0.3) is 17.1 Å². The predicted molar refractivity (Wildman–Crippen MR) is 115 cm³/mol. The number of carbonyl (C=O) groups excluding carboxylic acids is 1.